The van der Waals surface area contributed by atoms with E-state index in [1.165, 1.54) is 7.05 Å². The molecule has 6 heteroatoms. The molecule has 0 saturated carbocycles. The van der Waals surface area contributed by atoms with Crippen molar-refractivity contribution in [3.63, 3.8) is 0 Å². The van der Waals surface area contributed by atoms with Crippen LogP contribution in [-0.4, -0.2) is 46.3 Å². The zero-order valence-corrected chi connectivity index (χ0v) is 15.8. The van der Waals surface area contributed by atoms with Crippen molar-refractivity contribution in [1.29, 1.82) is 0 Å². The van der Waals surface area contributed by atoms with E-state index in [-0.39, 0.29) is 11.9 Å². The minimum Gasteiger partial charge on any atom is -0.440 e. The van der Waals surface area contributed by atoms with Gasteiger partial charge < -0.3 is 9.32 Å². The lowest BCUT2D eigenvalue weighted by atomic mass is 9.97. The molecule has 2 amide bonds. The van der Waals surface area contributed by atoms with Gasteiger partial charge in [-0.2, -0.15) is 0 Å². The molecule has 2 heterocycles. The number of urea groups is 1. The molecule has 28 heavy (non-hydrogen) atoms. The van der Waals surface area contributed by atoms with Crippen LogP contribution in [0.15, 0.2) is 65.1 Å². The number of piperidine rings is 1. The molecule has 144 valence electrons. The van der Waals surface area contributed by atoms with Crippen LogP contribution in [0.1, 0.15) is 24.7 Å². The van der Waals surface area contributed by atoms with Crippen LogP contribution < -0.4 is 0 Å². The highest BCUT2D eigenvalue weighted by Crippen LogP contribution is 2.37. The van der Waals surface area contributed by atoms with Gasteiger partial charge in [-0.05, 0) is 12.8 Å². The van der Waals surface area contributed by atoms with Gasteiger partial charge in [-0.3, -0.25) is 5.21 Å². The van der Waals surface area contributed by atoms with E-state index in [0.717, 1.165) is 35.4 Å². The third-order valence-electron chi connectivity index (χ3n) is 5.12. The zero-order valence-electron chi connectivity index (χ0n) is 15.8. The maximum absolute atomic E-state index is 11.9. The van der Waals surface area contributed by atoms with E-state index >= 15 is 0 Å². The van der Waals surface area contributed by atoms with Crippen molar-refractivity contribution in [1.82, 2.24) is 14.9 Å². The van der Waals surface area contributed by atoms with Crippen molar-refractivity contribution in [3.05, 3.63) is 66.6 Å². The van der Waals surface area contributed by atoms with E-state index in [1.54, 1.807) is 4.90 Å². The molecule has 0 unspecified atom stereocenters. The summed E-state index contributed by atoms with van der Waals surface area (Å²) in [5, 5.41) is 9.99. The fraction of sp³-hybridized carbons (Fsp3) is 0.273. The quantitative estimate of drug-likeness (QED) is 0.534. The van der Waals surface area contributed by atoms with Gasteiger partial charge >= 0.3 is 6.03 Å². The van der Waals surface area contributed by atoms with Crippen LogP contribution in [0.2, 0.25) is 0 Å². The van der Waals surface area contributed by atoms with Gasteiger partial charge in [0.05, 0.1) is 0 Å². The summed E-state index contributed by atoms with van der Waals surface area (Å²) in [6, 6.07) is 19.7. The first-order valence-corrected chi connectivity index (χ1v) is 9.46. The third-order valence-corrected chi connectivity index (χ3v) is 5.12. The molecule has 0 aliphatic carbocycles. The number of oxazole rings is 1. The Labute approximate surface area is 164 Å². The summed E-state index contributed by atoms with van der Waals surface area (Å²) in [6.07, 6.45) is 1.51. The Morgan fingerprint density at radius 2 is 1.61 bits per heavy atom. The van der Waals surface area contributed by atoms with Crippen LogP contribution in [0.3, 0.4) is 0 Å². The molecule has 1 saturated heterocycles. The summed E-state index contributed by atoms with van der Waals surface area (Å²) < 4.78 is 6.26. The van der Waals surface area contributed by atoms with Crippen LogP contribution in [0.5, 0.6) is 0 Å². The van der Waals surface area contributed by atoms with Gasteiger partial charge in [0.15, 0.2) is 11.7 Å². The summed E-state index contributed by atoms with van der Waals surface area (Å²) in [4.78, 5) is 18.4. The third kappa shape index (κ3) is 3.64. The summed E-state index contributed by atoms with van der Waals surface area (Å²) in [5.41, 5.74) is 2.86. The molecule has 0 spiro atoms. The molecular weight excluding hydrogens is 354 g/mol. The van der Waals surface area contributed by atoms with Crippen LogP contribution in [0, 0.1) is 0 Å². The molecule has 1 aromatic heterocycles. The number of aromatic nitrogens is 1. The number of hydrogen-bond acceptors (Lipinski definition) is 4. The molecule has 4 rings (SSSR count). The number of carbonyl (C=O) groups is 1. The lowest BCUT2D eigenvalue weighted by Crippen LogP contribution is -2.43. The predicted molar refractivity (Wildman–Crippen MR) is 106 cm³/mol. The maximum atomic E-state index is 11.9. The molecule has 6 nitrogen and oxygen atoms in total. The molecule has 3 aromatic rings. The molecule has 1 aliphatic heterocycles. The number of carbonyl (C=O) groups excluding carboxylic acids is 1. The molecule has 0 atom stereocenters. The predicted octanol–water partition coefficient (Wildman–Crippen LogP) is 4.63. The molecule has 1 N–H and O–H groups in total. The van der Waals surface area contributed by atoms with E-state index in [9.17, 15) is 10.0 Å². The fourth-order valence-electron chi connectivity index (χ4n) is 3.61. The lowest BCUT2D eigenvalue weighted by Gasteiger charge is -2.31. The van der Waals surface area contributed by atoms with Crippen molar-refractivity contribution in [2.45, 2.75) is 18.8 Å². The molecular formula is C22H23N3O3. The summed E-state index contributed by atoms with van der Waals surface area (Å²) >= 11 is 0. The normalized spacial score (nSPS) is 14.9. The van der Waals surface area contributed by atoms with Gasteiger partial charge in [-0.1, -0.05) is 60.7 Å². The van der Waals surface area contributed by atoms with Gasteiger partial charge in [0.1, 0.15) is 5.69 Å². The van der Waals surface area contributed by atoms with E-state index in [2.05, 4.69) is 0 Å². The highest BCUT2D eigenvalue weighted by molar-refractivity contribution is 5.77. The minimum atomic E-state index is -0.374. The number of rotatable bonds is 3. The largest absolute Gasteiger partial charge is 0.440 e. The SMILES string of the molecule is CN(O)C(=O)N1CCC(c2nc(-c3ccccc3)c(-c3ccccc3)o2)CC1. The average molecular weight is 377 g/mol. The van der Waals surface area contributed by atoms with Gasteiger partial charge in [0.2, 0.25) is 0 Å². The molecule has 1 fully saturated rings. The first-order chi connectivity index (χ1) is 13.6. The van der Waals surface area contributed by atoms with Crippen molar-refractivity contribution in [2.75, 3.05) is 20.1 Å². The van der Waals surface area contributed by atoms with E-state index in [1.807, 2.05) is 60.7 Å². The number of hydrogen-bond donors (Lipinski definition) is 1. The summed E-state index contributed by atoms with van der Waals surface area (Å²) in [7, 11) is 1.35. The number of likely N-dealkylation sites (tertiary alicyclic amines) is 1. The van der Waals surface area contributed by atoms with Crippen molar-refractivity contribution in [3.8, 4) is 22.6 Å². The Balaban J connectivity index is 1.63. The Morgan fingerprint density at radius 3 is 2.18 bits per heavy atom. The first kappa shape index (κ1) is 18.3. The van der Waals surface area contributed by atoms with Crippen molar-refractivity contribution < 1.29 is 14.4 Å². The van der Waals surface area contributed by atoms with Crippen molar-refractivity contribution in [2.24, 2.45) is 0 Å². The Bertz CT molecular complexity index is 873. The second kappa shape index (κ2) is 7.86. The topological polar surface area (TPSA) is 69.8 Å². The van der Waals surface area contributed by atoms with E-state index in [0.29, 0.717) is 24.0 Å². The number of amides is 2. The van der Waals surface area contributed by atoms with Crippen LogP contribution in [-0.2, 0) is 0 Å². The van der Waals surface area contributed by atoms with E-state index < -0.39 is 0 Å². The van der Waals surface area contributed by atoms with Crippen molar-refractivity contribution >= 4 is 6.03 Å². The van der Waals surface area contributed by atoms with Gasteiger partial charge in [-0.25, -0.2) is 14.8 Å². The number of nitrogens with zero attached hydrogens (tertiary/aromatic N) is 3. The van der Waals surface area contributed by atoms with Gasteiger partial charge in [-0.15, -0.1) is 0 Å². The Kier molecular flexibility index (Phi) is 5.12. The molecule has 0 radical (unpaired) electrons. The first-order valence-electron chi connectivity index (χ1n) is 9.46. The number of hydroxylamine groups is 2. The van der Waals surface area contributed by atoms with Gasteiger partial charge in [0, 0.05) is 37.2 Å². The second-order valence-electron chi connectivity index (χ2n) is 7.03. The smallest absolute Gasteiger partial charge is 0.343 e. The van der Waals surface area contributed by atoms with Crippen LogP contribution in [0.25, 0.3) is 22.6 Å². The average Bonchev–Trinajstić information content (AvgIpc) is 3.20. The summed E-state index contributed by atoms with van der Waals surface area (Å²) in [6.45, 7) is 1.14. The zero-order chi connectivity index (χ0) is 19.5. The highest BCUT2D eigenvalue weighted by atomic mass is 16.5. The maximum Gasteiger partial charge on any atom is 0.343 e. The molecule has 0 bridgehead atoms. The van der Waals surface area contributed by atoms with E-state index in [4.69, 9.17) is 9.40 Å². The standard InChI is InChI=1S/C22H23N3O3/c1-24(27)22(26)25-14-12-18(13-15-25)21-23-19(16-8-4-2-5-9-16)20(28-21)17-10-6-3-7-11-17/h2-11,18,27H,12-15H2,1H3. The lowest BCUT2D eigenvalue weighted by molar-refractivity contribution is -0.0358. The monoisotopic (exact) mass is 377 g/mol. The van der Waals surface area contributed by atoms with Gasteiger partial charge in [0.25, 0.3) is 0 Å². The Morgan fingerprint density at radius 1 is 1.04 bits per heavy atom. The van der Waals surface area contributed by atoms with Crippen LogP contribution >= 0.6 is 0 Å². The summed E-state index contributed by atoms with van der Waals surface area (Å²) in [5.74, 6) is 1.63. The highest BCUT2D eigenvalue weighted by Gasteiger charge is 2.29. The molecule has 1 aliphatic rings. The Hall–Kier alpha value is -3.12. The molecule has 2 aromatic carbocycles. The minimum absolute atomic E-state index is 0.146. The van der Waals surface area contributed by atoms with Crippen LogP contribution in [0.4, 0.5) is 4.79 Å². The fourth-order valence-corrected chi connectivity index (χ4v) is 3.61. The second-order valence-corrected chi connectivity index (χ2v) is 7.03. The number of benzene rings is 2.